The fourth-order valence-corrected chi connectivity index (χ4v) is 4.88. The molecule has 0 radical (unpaired) electrons. The van der Waals surface area contributed by atoms with Gasteiger partial charge in [0.15, 0.2) is 0 Å². The number of aryl methyl sites for hydroxylation is 2. The van der Waals surface area contributed by atoms with E-state index in [0.29, 0.717) is 23.3 Å². The first-order chi connectivity index (χ1) is 16.8. The Hall–Kier alpha value is -3.71. The Morgan fingerprint density at radius 1 is 1.06 bits per heavy atom. The van der Waals surface area contributed by atoms with Crippen LogP contribution in [0.3, 0.4) is 0 Å². The lowest BCUT2D eigenvalue weighted by Gasteiger charge is -2.44. The van der Waals surface area contributed by atoms with E-state index in [2.05, 4.69) is 64.0 Å². The topological polar surface area (TPSA) is 77.1 Å². The van der Waals surface area contributed by atoms with Gasteiger partial charge in [0.1, 0.15) is 5.82 Å². The number of pyridine rings is 1. The van der Waals surface area contributed by atoms with Gasteiger partial charge < -0.3 is 15.2 Å². The molecule has 1 aliphatic heterocycles. The predicted octanol–water partition coefficient (Wildman–Crippen LogP) is 5.02. The van der Waals surface area contributed by atoms with E-state index in [0.717, 1.165) is 46.8 Å². The number of aromatic nitrogens is 3. The van der Waals surface area contributed by atoms with Crippen molar-refractivity contribution >= 4 is 28.3 Å². The molecule has 2 aromatic heterocycles. The molecule has 0 aliphatic carbocycles. The van der Waals surface area contributed by atoms with Crippen molar-refractivity contribution in [3.63, 3.8) is 0 Å². The zero-order valence-corrected chi connectivity index (χ0v) is 21.0. The first-order valence-electron chi connectivity index (χ1n) is 12.1. The number of piperazine rings is 1. The standard InChI is InChI=1S/C28H32N6O/c1-17-12-21(10-11-26(17)34-15-18(2)33(5)19(3)16-34)28(35)30-22-13-23(20(4)29-14-22)27-31-24-8-6-7-9-25(24)32-27/h6-14,18-19H,15-16H2,1-5H3,(H,30,35)(H,31,32)/t18-,19+. The maximum absolute atomic E-state index is 13.1. The summed E-state index contributed by atoms with van der Waals surface area (Å²) in [5, 5.41) is 3.01. The zero-order valence-electron chi connectivity index (χ0n) is 21.0. The smallest absolute Gasteiger partial charge is 0.255 e. The lowest BCUT2D eigenvalue weighted by molar-refractivity contribution is 0.102. The second-order valence-electron chi connectivity index (χ2n) is 9.68. The SMILES string of the molecule is Cc1cc(C(=O)Nc2cnc(C)c(-c3nc4ccccc4[nH]3)c2)ccc1N1C[C@@H](C)N(C)[C@@H](C)C1. The minimum atomic E-state index is -0.152. The molecule has 5 rings (SSSR count). The van der Waals surface area contributed by atoms with E-state index >= 15 is 0 Å². The fourth-order valence-electron chi connectivity index (χ4n) is 4.88. The molecule has 1 aliphatic rings. The Kier molecular flexibility index (Phi) is 6.03. The van der Waals surface area contributed by atoms with Crippen molar-refractivity contribution in [3.8, 4) is 11.4 Å². The highest BCUT2D eigenvalue weighted by Gasteiger charge is 2.27. The molecule has 2 atom stereocenters. The number of hydrogen-bond donors (Lipinski definition) is 2. The first-order valence-corrected chi connectivity index (χ1v) is 12.1. The van der Waals surface area contributed by atoms with Crippen LogP contribution < -0.4 is 10.2 Å². The van der Waals surface area contributed by atoms with Crippen LogP contribution in [0.25, 0.3) is 22.4 Å². The van der Waals surface area contributed by atoms with Gasteiger partial charge >= 0.3 is 0 Å². The predicted molar refractivity (Wildman–Crippen MR) is 142 cm³/mol. The molecule has 0 unspecified atom stereocenters. The molecule has 0 bridgehead atoms. The molecule has 180 valence electrons. The van der Waals surface area contributed by atoms with Crippen LogP contribution in [0.2, 0.25) is 0 Å². The Bertz CT molecular complexity index is 1350. The highest BCUT2D eigenvalue weighted by atomic mass is 16.1. The molecule has 7 nitrogen and oxygen atoms in total. The summed E-state index contributed by atoms with van der Waals surface area (Å²) in [6.07, 6.45) is 1.69. The van der Waals surface area contributed by atoms with Gasteiger partial charge in [-0.3, -0.25) is 14.7 Å². The fraction of sp³-hybridized carbons (Fsp3) is 0.321. The van der Waals surface area contributed by atoms with Gasteiger partial charge in [0.05, 0.1) is 22.9 Å². The number of nitrogens with one attached hydrogen (secondary N) is 2. The van der Waals surface area contributed by atoms with Crippen molar-refractivity contribution in [2.24, 2.45) is 0 Å². The zero-order chi connectivity index (χ0) is 24.7. The number of likely N-dealkylation sites (N-methyl/N-ethyl adjacent to an activating group) is 1. The van der Waals surface area contributed by atoms with E-state index in [4.69, 9.17) is 0 Å². The number of anilines is 2. The Morgan fingerprint density at radius 2 is 1.80 bits per heavy atom. The number of rotatable bonds is 4. The minimum Gasteiger partial charge on any atom is -0.368 e. The highest BCUT2D eigenvalue weighted by molar-refractivity contribution is 6.04. The molecule has 3 heterocycles. The average Bonchev–Trinajstić information content (AvgIpc) is 3.27. The highest BCUT2D eigenvalue weighted by Crippen LogP contribution is 2.28. The van der Waals surface area contributed by atoms with Gasteiger partial charge in [-0.15, -0.1) is 0 Å². The van der Waals surface area contributed by atoms with Gasteiger partial charge in [-0.25, -0.2) is 4.98 Å². The van der Waals surface area contributed by atoms with Crippen LogP contribution in [0, 0.1) is 13.8 Å². The second kappa shape index (κ2) is 9.15. The van der Waals surface area contributed by atoms with Crippen LogP contribution in [0.15, 0.2) is 54.7 Å². The molecule has 4 aromatic rings. The van der Waals surface area contributed by atoms with Crippen molar-refractivity contribution in [2.75, 3.05) is 30.4 Å². The molecule has 1 saturated heterocycles. The van der Waals surface area contributed by atoms with Crippen LogP contribution in [-0.4, -0.2) is 58.0 Å². The summed E-state index contributed by atoms with van der Waals surface area (Å²) < 4.78 is 0. The lowest BCUT2D eigenvalue weighted by Crippen LogP contribution is -2.55. The number of fused-ring (bicyclic) bond motifs is 1. The maximum Gasteiger partial charge on any atom is 0.255 e. The normalized spacial score (nSPS) is 18.7. The van der Waals surface area contributed by atoms with Crippen molar-refractivity contribution < 1.29 is 4.79 Å². The molecule has 0 spiro atoms. The summed E-state index contributed by atoms with van der Waals surface area (Å²) in [5.74, 6) is 0.587. The van der Waals surface area contributed by atoms with Crippen LogP contribution in [0.4, 0.5) is 11.4 Å². The van der Waals surface area contributed by atoms with Crippen LogP contribution in [0.5, 0.6) is 0 Å². The number of aromatic amines is 1. The molecular formula is C28H32N6O. The van der Waals surface area contributed by atoms with Gasteiger partial charge in [0.2, 0.25) is 0 Å². The summed E-state index contributed by atoms with van der Waals surface area (Å²) in [6, 6.07) is 16.8. The Morgan fingerprint density at radius 3 is 2.51 bits per heavy atom. The number of carbonyl (C=O) groups is 1. The van der Waals surface area contributed by atoms with E-state index in [1.807, 2.05) is 49.4 Å². The van der Waals surface area contributed by atoms with Crippen LogP contribution in [0.1, 0.15) is 35.5 Å². The number of imidazole rings is 1. The summed E-state index contributed by atoms with van der Waals surface area (Å²) in [4.78, 5) is 30.5. The van der Waals surface area contributed by atoms with Crippen LogP contribution in [-0.2, 0) is 0 Å². The molecule has 1 fully saturated rings. The Labute approximate surface area is 206 Å². The molecule has 1 amide bonds. The molecule has 7 heteroatoms. The van der Waals surface area contributed by atoms with Crippen molar-refractivity contribution in [1.82, 2.24) is 19.9 Å². The summed E-state index contributed by atoms with van der Waals surface area (Å²) >= 11 is 0. The third-order valence-electron chi connectivity index (χ3n) is 7.15. The van der Waals surface area contributed by atoms with Gasteiger partial charge in [-0.2, -0.15) is 0 Å². The number of H-pyrrole nitrogens is 1. The number of benzene rings is 2. The number of nitrogens with zero attached hydrogens (tertiary/aromatic N) is 4. The summed E-state index contributed by atoms with van der Waals surface area (Å²) in [5.41, 5.74) is 7.14. The molecule has 0 saturated carbocycles. The van der Waals surface area contributed by atoms with E-state index < -0.39 is 0 Å². The number of carbonyl (C=O) groups excluding carboxylic acids is 1. The van der Waals surface area contributed by atoms with E-state index in [1.165, 1.54) is 5.69 Å². The van der Waals surface area contributed by atoms with Gasteiger partial charge in [0, 0.05) is 47.7 Å². The second-order valence-corrected chi connectivity index (χ2v) is 9.68. The molecule has 2 aromatic carbocycles. The van der Waals surface area contributed by atoms with E-state index in [9.17, 15) is 4.79 Å². The van der Waals surface area contributed by atoms with Crippen molar-refractivity contribution in [2.45, 2.75) is 39.8 Å². The number of para-hydroxylation sites is 2. The van der Waals surface area contributed by atoms with Crippen molar-refractivity contribution in [3.05, 3.63) is 71.5 Å². The summed E-state index contributed by atoms with van der Waals surface area (Å²) in [6.45, 7) is 10.5. The average molecular weight is 469 g/mol. The van der Waals surface area contributed by atoms with Crippen LogP contribution >= 0.6 is 0 Å². The largest absolute Gasteiger partial charge is 0.368 e. The number of hydrogen-bond acceptors (Lipinski definition) is 5. The number of amides is 1. The first kappa shape index (κ1) is 23.1. The minimum absolute atomic E-state index is 0.152. The third kappa shape index (κ3) is 4.51. The van der Waals surface area contributed by atoms with E-state index in [-0.39, 0.29) is 5.91 Å². The Balaban J connectivity index is 1.35. The van der Waals surface area contributed by atoms with Crippen molar-refractivity contribution in [1.29, 1.82) is 0 Å². The maximum atomic E-state index is 13.1. The monoisotopic (exact) mass is 468 g/mol. The van der Waals surface area contributed by atoms with Gasteiger partial charge in [0.25, 0.3) is 5.91 Å². The van der Waals surface area contributed by atoms with Gasteiger partial charge in [-0.1, -0.05) is 12.1 Å². The quantitative estimate of drug-likeness (QED) is 0.440. The molecule has 35 heavy (non-hydrogen) atoms. The van der Waals surface area contributed by atoms with E-state index in [1.54, 1.807) is 6.20 Å². The summed E-state index contributed by atoms with van der Waals surface area (Å²) in [7, 11) is 2.19. The molecule has 2 N–H and O–H groups in total. The lowest BCUT2D eigenvalue weighted by atomic mass is 10.0. The third-order valence-corrected chi connectivity index (χ3v) is 7.15. The molecular weight excluding hydrogens is 436 g/mol. The van der Waals surface area contributed by atoms with Gasteiger partial charge in [-0.05, 0) is 76.7 Å².